The van der Waals surface area contributed by atoms with Gasteiger partial charge >= 0.3 is 0 Å². The van der Waals surface area contributed by atoms with Gasteiger partial charge in [-0.05, 0) is 20.4 Å². The molecule has 0 amide bonds. The van der Waals surface area contributed by atoms with E-state index in [0.717, 1.165) is 18.1 Å². The van der Waals surface area contributed by atoms with Crippen LogP contribution in [0.15, 0.2) is 0 Å². The van der Waals surface area contributed by atoms with Crippen molar-refractivity contribution in [1.82, 2.24) is 9.80 Å². The van der Waals surface area contributed by atoms with Crippen molar-refractivity contribution in [2.24, 2.45) is 0 Å². The zero-order chi connectivity index (χ0) is 8.01. The summed E-state index contributed by atoms with van der Waals surface area (Å²) in [5.41, 5.74) is 0. The summed E-state index contributed by atoms with van der Waals surface area (Å²) in [6.45, 7) is 10.7. The maximum absolute atomic E-state index is 2.61. The molecular formula is C9H18N2. The van der Waals surface area contributed by atoms with Gasteiger partial charge in [0, 0.05) is 31.2 Å². The number of hydrogen-bond acceptors (Lipinski definition) is 2. The highest BCUT2D eigenvalue weighted by Crippen LogP contribution is 2.34. The fraction of sp³-hybridized carbons (Fsp3) is 1.00. The van der Waals surface area contributed by atoms with Crippen molar-refractivity contribution >= 4 is 0 Å². The van der Waals surface area contributed by atoms with E-state index in [2.05, 4.69) is 30.6 Å². The van der Waals surface area contributed by atoms with Crippen LogP contribution in [-0.2, 0) is 0 Å². The van der Waals surface area contributed by atoms with Crippen molar-refractivity contribution in [2.75, 3.05) is 19.6 Å². The molecule has 2 heterocycles. The number of hydrogen-bond donors (Lipinski definition) is 0. The summed E-state index contributed by atoms with van der Waals surface area (Å²) in [7, 11) is 0. The van der Waals surface area contributed by atoms with Crippen LogP contribution in [0.3, 0.4) is 0 Å². The summed E-state index contributed by atoms with van der Waals surface area (Å²) in [4.78, 5) is 5.18. The van der Waals surface area contributed by atoms with Gasteiger partial charge in [0.25, 0.3) is 0 Å². The second kappa shape index (κ2) is 2.46. The van der Waals surface area contributed by atoms with Gasteiger partial charge in [-0.15, -0.1) is 0 Å². The Labute approximate surface area is 69.2 Å². The number of likely N-dealkylation sites (N-methyl/N-ethyl adjacent to an activating group) is 1. The van der Waals surface area contributed by atoms with E-state index in [1.807, 2.05) is 0 Å². The summed E-state index contributed by atoms with van der Waals surface area (Å²) in [6.07, 6.45) is 0. The van der Waals surface area contributed by atoms with E-state index in [-0.39, 0.29) is 0 Å². The molecule has 0 aromatic carbocycles. The summed E-state index contributed by atoms with van der Waals surface area (Å²) >= 11 is 0. The zero-order valence-electron chi connectivity index (χ0n) is 7.75. The van der Waals surface area contributed by atoms with Crippen molar-refractivity contribution < 1.29 is 0 Å². The third-order valence-corrected chi connectivity index (χ3v) is 3.23. The van der Waals surface area contributed by atoms with Crippen LogP contribution in [0.1, 0.15) is 20.8 Å². The molecule has 0 aromatic rings. The standard InChI is InChI=1S/C9H18N2/c1-4-10-5-9-8(10)6-11(9)7(2)3/h7-9H,4-6H2,1-3H3. The largest absolute Gasteiger partial charge is 0.296 e. The fourth-order valence-electron chi connectivity index (χ4n) is 2.34. The molecule has 2 fully saturated rings. The lowest BCUT2D eigenvalue weighted by molar-refractivity contribution is -0.135. The molecule has 0 bridgehead atoms. The van der Waals surface area contributed by atoms with Gasteiger partial charge in [0.05, 0.1) is 0 Å². The minimum absolute atomic E-state index is 0.759. The Kier molecular flexibility index (Phi) is 1.69. The molecule has 0 saturated carbocycles. The summed E-state index contributed by atoms with van der Waals surface area (Å²) in [6, 6.07) is 2.59. The highest BCUT2D eigenvalue weighted by Gasteiger charge is 2.50. The van der Waals surface area contributed by atoms with E-state index in [0.29, 0.717) is 0 Å². The Hall–Kier alpha value is -0.0800. The van der Waals surface area contributed by atoms with Crippen molar-refractivity contribution in [3.05, 3.63) is 0 Å². The fourth-order valence-corrected chi connectivity index (χ4v) is 2.34. The van der Waals surface area contributed by atoms with Crippen LogP contribution in [0.4, 0.5) is 0 Å². The summed E-state index contributed by atoms with van der Waals surface area (Å²) in [5, 5.41) is 0. The van der Waals surface area contributed by atoms with Gasteiger partial charge in [-0.3, -0.25) is 9.80 Å². The van der Waals surface area contributed by atoms with Crippen molar-refractivity contribution in [3.8, 4) is 0 Å². The Morgan fingerprint density at radius 2 is 2.00 bits per heavy atom. The molecule has 2 rings (SSSR count). The first-order valence-corrected chi connectivity index (χ1v) is 4.73. The number of rotatable bonds is 2. The van der Waals surface area contributed by atoms with Gasteiger partial charge in [-0.25, -0.2) is 0 Å². The lowest BCUT2D eigenvalue weighted by Crippen LogP contribution is -2.79. The summed E-state index contributed by atoms with van der Waals surface area (Å²) < 4.78 is 0. The third-order valence-electron chi connectivity index (χ3n) is 3.23. The first-order chi connectivity index (χ1) is 5.24. The minimum Gasteiger partial charge on any atom is -0.296 e. The molecule has 64 valence electrons. The highest BCUT2D eigenvalue weighted by molar-refractivity contribution is 5.08. The second-order valence-electron chi connectivity index (χ2n) is 4.01. The molecule has 0 N–H and O–H groups in total. The molecule has 0 aliphatic carbocycles. The quantitative estimate of drug-likeness (QED) is 0.580. The molecule has 11 heavy (non-hydrogen) atoms. The normalized spacial score (nSPS) is 38.2. The molecule has 0 radical (unpaired) electrons. The van der Waals surface area contributed by atoms with Gasteiger partial charge in [-0.1, -0.05) is 6.92 Å². The average molecular weight is 154 g/mol. The molecular weight excluding hydrogens is 136 g/mol. The minimum atomic E-state index is 0.759. The first-order valence-electron chi connectivity index (χ1n) is 4.73. The average Bonchev–Trinajstić information content (AvgIpc) is 1.93. The van der Waals surface area contributed by atoms with Crippen molar-refractivity contribution in [1.29, 1.82) is 0 Å². The van der Waals surface area contributed by atoms with E-state index in [1.54, 1.807) is 0 Å². The number of fused-ring (bicyclic) bond motifs is 1. The van der Waals surface area contributed by atoms with Gasteiger partial charge < -0.3 is 0 Å². The highest BCUT2D eigenvalue weighted by atomic mass is 15.4. The number of likely N-dealkylation sites (tertiary alicyclic amines) is 2. The zero-order valence-corrected chi connectivity index (χ0v) is 7.75. The van der Waals surface area contributed by atoms with Crippen LogP contribution in [-0.4, -0.2) is 47.6 Å². The lowest BCUT2D eigenvalue weighted by atomic mass is 9.84. The Morgan fingerprint density at radius 1 is 1.27 bits per heavy atom. The van der Waals surface area contributed by atoms with Crippen LogP contribution in [0.5, 0.6) is 0 Å². The molecule has 2 saturated heterocycles. The van der Waals surface area contributed by atoms with Gasteiger partial charge in [0.15, 0.2) is 0 Å². The van der Waals surface area contributed by atoms with Gasteiger partial charge in [0.2, 0.25) is 0 Å². The first kappa shape index (κ1) is 7.56. The van der Waals surface area contributed by atoms with E-state index >= 15 is 0 Å². The predicted octanol–water partition coefficient (Wildman–Crippen LogP) is 0.783. The third kappa shape index (κ3) is 0.926. The molecule has 2 aliphatic rings. The molecule has 0 spiro atoms. The molecule has 2 aliphatic heterocycles. The van der Waals surface area contributed by atoms with Crippen molar-refractivity contribution in [3.63, 3.8) is 0 Å². The number of nitrogens with zero attached hydrogens (tertiary/aromatic N) is 2. The number of piperazine rings is 1. The smallest absolute Gasteiger partial charge is 0.0394 e. The van der Waals surface area contributed by atoms with Gasteiger partial charge in [0.1, 0.15) is 0 Å². The molecule has 0 aromatic heterocycles. The lowest BCUT2D eigenvalue weighted by Gasteiger charge is -2.63. The second-order valence-corrected chi connectivity index (χ2v) is 4.01. The Balaban J connectivity index is 1.84. The molecule has 2 heteroatoms. The van der Waals surface area contributed by atoms with Crippen LogP contribution < -0.4 is 0 Å². The maximum Gasteiger partial charge on any atom is 0.0394 e. The van der Waals surface area contributed by atoms with Gasteiger partial charge in [-0.2, -0.15) is 0 Å². The maximum atomic E-state index is 2.61. The summed E-state index contributed by atoms with van der Waals surface area (Å²) in [5.74, 6) is 0. The van der Waals surface area contributed by atoms with E-state index in [9.17, 15) is 0 Å². The van der Waals surface area contributed by atoms with E-state index in [4.69, 9.17) is 0 Å². The predicted molar refractivity (Wildman–Crippen MR) is 46.7 cm³/mol. The Morgan fingerprint density at radius 3 is 2.36 bits per heavy atom. The van der Waals surface area contributed by atoms with E-state index < -0.39 is 0 Å². The SMILES string of the molecule is CCN1CC2C1CN2C(C)C. The Bertz CT molecular complexity index is 156. The molecule has 2 nitrogen and oxygen atoms in total. The van der Waals surface area contributed by atoms with Crippen LogP contribution in [0.25, 0.3) is 0 Å². The van der Waals surface area contributed by atoms with Crippen molar-refractivity contribution in [2.45, 2.75) is 38.9 Å². The topological polar surface area (TPSA) is 6.48 Å². The molecule has 2 unspecified atom stereocenters. The van der Waals surface area contributed by atoms with E-state index in [1.165, 1.54) is 19.6 Å². The molecule has 2 atom stereocenters. The van der Waals surface area contributed by atoms with Crippen LogP contribution >= 0.6 is 0 Å². The monoisotopic (exact) mass is 154 g/mol. The van der Waals surface area contributed by atoms with Crippen LogP contribution in [0.2, 0.25) is 0 Å². The van der Waals surface area contributed by atoms with Crippen LogP contribution in [0, 0.1) is 0 Å².